The SMILES string of the molecule is COc1cnc(O[C@@H]2C[C@H]3C(=O)N[C@]4(C(=O)NS(=O)(=O)C5(CO)CC5)C[C@@H]4/C=C\CC[C@H](C)C[C@@H](C)[C@H](NC(=O)OC(C)(C)C)C(=O)N3C2)c2ccccc12. The molecule has 4 amide bonds. The van der Waals surface area contributed by atoms with Crippen molar-refractivity contribution in [2.45, 2.75) is 114 Å². The van der Waals surface area contributed by atoms with Crippen LogP contribution in [0.3, 0.4) is 0 Å². The zero-order valence-electron chi connectivity index (χ0n) is 32.3. The third-order valence-corrected chi connectivity index (χ3v) is 13.3. The first kappa shape index (κ1) is 40.2. The third kappa shape index (κ3) is 8.39. The Labute approximate surface area is 322 Å². The summed E-state index contributed by atoms with van der Waals surface area (Å²) in [4.78, 5) is 62.2. The molecule has 2 aliphatic carbocycles. The van der Waals surface area contributed by atoms with Crippen LogP contribution in [0.2, 0.25) is 0 Å². The van der Waals surface area contributed by atoms with Gasteiger partial charge in [-0.25, -0.2) is 18.2 Å². The maximum absolute atomic E-state index is 14.8. The van der Waals surface area contributed by atoms with Crippen LogP contribution in [0.4, 0.5) is 4.79 Å². The molecule has 4 aliphatic rings. The van der Waals surface area contributed by atoms with Gasteiger partial charge in [-0.05, 0) is 77.2 Å². The van der Waals surface area contributed by atoms with E-state index in [1.165, 1.54) is 11.1 Å². The van der Waals surface area contributed by atoms with Gasteiger partial charge in [-0.15, -0.1) is 0 Å². The smallest absolute Gasteiger partial charge is 0.408 e. The molecule has 1 saturated heterocycles. The van der Waals surface area contributed by atoms with Crippen LogP contribution in [0.1, 0.15) is 79.6 Å². The number of aliphatic hydroxyl groups is 1. The summed E-state index contributed by atoms with van der Waals surface area (Å²) in [6, 6.07) is 5.14. The number of aliphatic hydroxyl groups excluding tert-OH is 1. The van der Waals surface area contributed by atoms with Crippen molar-refractivity contribution in [1.82, 2.24) is 25.2 Å². The molecule has 55 heavy (non-hydrogen) atoms. The minimum Gasteiger partial charge on any atom is -0.494 e. The first-order valence-corrected chi connectivity index (χ1v) is 20.5. The van der Waals surface area contributed by atoms with E-state index in [0.717, 1.165) is 11.8 Å². The van der Waals surface area contributed by atoms with E-state index in [9.17, 15) is 32.7 Å². The first-order valence-electron chi connectivity index (χ1n) is 19.0. The van der Waals surface area contributed by atoms with Crippen LogP contribution in [0.25, 0.3) is 10.8 Å². The molecule has 0 spiro atoms. The summed E-state index contributed by atoms with van der Waals surface area (Å²) < 4.78 is 44.7. The number of alkyl carbamates (subject to hydrolysis) is 1. The number of amides is 4. The van der Waals surface area contributed by atoms with Gasteiger partial charge < -0.3 is 34.9 Å². The molecule has 2 saturated carbocycles. The lowest BCUT2D eigenvalue weighted by Crippen LogP contribution is -2.59. The lowest BCUT2D eigenvalue weighted by Gasteiger charge is -2.33. The molecule has 0 radical (unpaired) electrons. The average molecular weight is 784 g/mol. The lowest BCUT2D eigenvalue weighted by atomic mass is 9.88. The van der Waals surface area contributed by atoms with Crippen LogP contribution in [-0.4, -0.2) is 102 Å². The van der Waals surface area contributed by atoms with Crippen molar-refractivity contribution in [2.75, 3.05) is 20.3 Å². The van der Waals surface area contributed by atoms with Gasteiger partial charge in [-0.2, -0.15) is 0 Å². The van der Waals surface area contributed by atoms with Gasteiger partial charge in [0.05, 0.1) is 26.5 Å². The minimum atomic E-state index is -4.26. The monoisotopic (exact) mass is 783 g/mol. The Balaban J connectivity index is 1.35. The minimum absolute atomic E-state index is 0.00762. The zero-order chi connectivity index (χ0) is 39.9. The van der Waals surface area contributed by atoms with Crippen LogP contribution < -0.4 is 24.8 Å². The summed E-state index contributed by atoms with van der Waals surface area (Å²) >= 11 is 0. The Bertz CT molecular complexity index is 1960. The van der Waals surface area contributed by atoms with Gasteiger partial charge in [0.15, 0.2) is 0 Å². The fourth-order valence-corrected chi connectivity index (χ4v) is 9.23. The van der Waals surface area contributed by atoms with Crippen LogP contribution >= 0.6 is 0 Å². The van der Waals surface area contributed by atoms with Crippen molar-refractivity contribution in [3.63, 3.8) is 0 Å². The highest BCUT2D eigenvalue weighted by Gasteiger charge is 2.64. The third-order valence-electron chi connectivity index (χ3n) is 11.2. The van der Waals surface area contributed by atoms with E-state index in [1.54, 1.807) is 27.9 Å². The molecule has 7 atom stereocenters. The molecule has 2 aromatic rings. The number of sulfonamides is 1. The van der Waals surface area contributed by atoms with Crippen LogP contribution in [0, 0.1) is 17.8 Å². The second kappa shape index (κ2) is 15.2. The summed E-state index contributed by atoms with van der Waals surface area (Å²) in [5, 5.41) is 16.9. The summed E-state index contributed by atoms with van der Waals surface area (Å²) in [5.74, 6) is -2.03. The van der Waals surface area contributed by atoms with Gasteiger partial charge >= 0.3 is 6.09 Å². The second-order valence-corrected chi connectivity index (χ2v) is 18.7. The number of nitrogens with one attached hydrogen (secondary N) is 3. The van der Waals surface area contributed by atoms with Gasteiger partial charge in [0.1, 0.15) is 39.8 Å². The largest absolute Gasteiger partial charge is 0.494 e. The fraction of sp³-hybridized carbons (Fsp3) is 0.615. The molecule has 16 heteroatoms. The number of carbonyl (C=O) groups excluding carboxylic acids is 4. The molecule has 4 N–H and O–H groups in total. The van der Waals surface area contributed by atoms with Crippen LogP contribution in [0.15, 0.2) is 42.6 Å². The van der Waals surface area contributed by atoms with Crippen LogP contribution in [0.5, 0.6) is 11.6 Å². The number of hydrogen-bond acceptors (Lipinski definition) is 11. The maximum atomic E-state index is 14.8. The molecule has 2 aliphatic heterocycles. The number of carbonyl (C=O) groups is 4. The van der Waals surface area contributed by atoms with Crippen molar-refractivity contribution in [2.24, 2.45) is 17.8 Å². The summed E-state index contributed by atoms with van der Waals surface area (Å²) in [6.07, 6.45) is 6.31. The van der Waals surface area contributed by atoms with Gasteiger partial charge in [-0.1, -0.05) is 44.2 Å². The highest BCUT2D eigenvalue weighted by atomic mass is 32.2. The number of aromatic nitrogens is 1. The van der Waals surface area contributed by atoms with E-state index >= 15 is 0 Å². The average Bonchev–Trinajstić information content (AvgIpc) is 4.02. The number of allylic oxidation sites excluding steroid dienone is 1. The van der Waals surface area contributed by atoms with Crippen molar-refractivity contribution in [3.8, 4) is 11.6 Å². The summed E-state index contributed by atoms with van der Waals surface area (Å²) in [5.41, 5.74) is -2.45. The van der Waals surface area contributed by atoms with Gasteiger partial charge in [0.25, 0.3) is 5.91 Å². The summed E-state index contributed by atoms with van der Waals surface area (Å²) in [7, 11) is -2.72. The van der Waals surface area contributed by atoms with E-state index in [1.807, 2.05) is 43.3 Å². The van der Waals surface area contributed by atoms with E-state index in [-0.39, 0.29) is 49.9 Å². The van der Waals surface area contributed by atoms with Gasteiger partial charge in [0.2, 0.25) is 27.7 Å². The van der Waals surface area contributed by atoms with Crippen LogP contribution in [-0.2, 0) is 29.1 Å². The number of nitrogens with zero attached hydrogens (tertiary/aromatic N) is 2. The molecular weight excluding hydrogens is 731 g/mol. The molecule has 0 unspecified atom stereocenters. The molecule has 1 aromatic heterocycles. The number of fused-ring (bicyclic) bond motifs is 3. The van der Waals surface area contributed by atoms with E-state index in [0.29, 0.717) is 24.0 Å². The second-order valence-electron chi connectivity index (χ2n) is 16.7. The van der Waals surface area contributed by atoms with E-state index < -0.39 is 80.4 Å². The zero-order valence-corrected chi connectivity index (χ0v) is 33.1. The Morgan fingerprint density at radius 2 is 1.82 bits per heavy atom. The Morgan fingerprint density at radius 1 is 1.11 bits per heavy atom. The van der Waals surface area contributed by atoms with Gasteiger partial charge in [0, 0.05) is 23.1 Å². The lowest BCUT2D eigenvalue weighted by molar-refractivity contribution is -0.142. The number of rotatable bonds is 8. The molecule has 3 fully saturated rings. The normalized spacial score (nSPS) is 30.1. The molecular formula is C39H53N5O10S. The molecule has 6 rings (SSSR count). The summed E-state index contributed by atoms with van der Waals surface area (Å²) in [6.45, 7) is 8.42. The van der Waals surface area contributed by atoms with Crippen molar-refractivity contribution >= 4 is 44.6 Å². The molecule has 3 heterocycles. The van der Waals surface area contributed by atoms with E-state index in [4.69, 9.17) is 14.2 Å². The number of ether oxygens (including phenoxy) is 3. The Hall–Kier alpha value is -4.44. The molecule has 15 nitrogen and oxygen atoms in total. The van der Waals surface area contributed by atoms with E-state index in [2.05, 4.69) is 27.3 Å². The van der Waals surface area contributed by atoms with Gasteiger partial charge in [-0.3, -0.25) is 19.1 Å². The molecule has 0 bridgehead atoms. The number of pyridine rings is 1. The standard InChI is InChI=1S/C39H53N5O10S/c1-23-11-7-8-12-25-19-39(25,35(48)43-55(50,51)38(22-45)15-16-38)42-32(46)29-18-26(53-33-28-14-10-9-13-27(28)30(52-6)20-40-33)21-44(29)34(47)31(24(2)17-23)41-36(49)54-37(3,4)5/h8-10,12-14,20,23-26,29,31,45H,7,11,15-19,21-22H2,1-6H3,(H,41,49)(H,42,46)(H,43,48)/b12-8-/t23-,24+,25-,26+,29-,31-,39+/m0/s1. The predicted octanol–water partition coefficient (Wildman–Crippen LogP) is 3.34. The molecule has 1 aromatic carbocycles. The highest BCUT2D eigenvalue weighted by Crippen LogP contribution is 2.48. The molecule has 300 valence electrons. The quantitative estimate of drug-likeness (QED) is 0.286. The first-order chi connectivity index (χ1) is 25.9. The van der Waals surface area contributed by atoms with Crippen molar-refractivity contribution in [1.29, 1.82) is 0 Å². The van der Waals surface area contributed by atoms with Crippen molar-refractivity contribution < 1.29 is 46.9 Å². The number of methoxy groups -OCH3 is 1. The Kier molecular flexibility index (Phi) is 11.1. The number of benzene rings is 1. The maximum Gasteiger partial charge on any atom is 0.408 e. The van der Waals surface area contributed by atoms with Crippen molar-refractivity contribution in [3.05, 3.63) is 42.6 Å². The Morgan fingerprint density at radius 3 is 2.47 bits per heavy atom. The highest BCUT2D eigenvalue weighted by molar-refractivity contribution is 7.91. The fourth-order valence-electron chi connectivity index (χ4n) is 7.78. The number of hydrogen-bond donors (Lipinski definition) is 4. The topological polar surface area (TPSA) is 203 Å². The predicted molar refractivity (Wildman–Crippen MR) is 202 cm³/mol.